The van der Waals surface area contributed by atoms with Gasteiger partial charge < -0.3 is 10.4 Å². The van der Waals surface area contributed by atoms with Gasteiger partial charge in [0.2, 0.25) is 0 Å². The maximum Gasteiger partial charge on any atom is 0.254 e. The number of rotatable bonds is 4. The number of aliphatic hydroxyl groups is 1. The zero-order valence-electron chi connectivity index (χ0n) is 10.1. The van der Waals surface area contributed by atoms with Gasteiger partial charge in [-0.2, -0.15) is 0 Å². The summed E-state index contributed by atoms with van der Waals surface area (Å²) in [6, 6.07) is 1.56. The summed E-state index contributed by atoms with van der Waals surface area (Å²) in [5, 5.41) is 11.2. The topological polar surface area (TPSA) is 49.3 Å². The van der Waals surface area contributed by atoms with E-state index in [9.17, 15) is 18.0 Å². The van der Waals surface area contributed by atoms with Crippen LogP contribution in [0.4, 0.5) is 13.2 Å². The van der Waals surface area contributed by atoms with Crippen molar-refractivity contribution >= 4 is 5.91 Å². The fourth-order valence-electron chi connectivity index (χ4n) is 1.42. The number of benzene rings is 1. The second kappa shape index (κ2) is 5.39. The van der Waals surface area contributed by atoms with Gasteiger partial charge in [0.1, 0.15) is 0 Å². The molecule has 0 bridgehead atoms. The Morgan fingerprint density at radius 2 is 1.89 bits per heavy atom. The Kier molecular flexibility index (Phi) is 4.34. The molecule has 0 heterocycles. The van der Waals surface area contributed by atoms with E-state index in [-0.39, 0.29) is 13.0 Å². The van der Waals surface area contributed by atoms with Crippen LogP contribution in [0.15, 0.2) is 12.1 Å². The number of aliphatic hydroxyl groups excluding tert-OH is 1. The van der Waals surface area contributed by atoms with E-state index in [0.717, 1.165) is 6.07 Å². The second-order valence-electron chi connectivity index (χ2n) is 4.53. The third-order valence-corrected chi connectivity index (χ3v) is 2.47. The number of carbonyl (C=O) groups excluding carboxylic acids is 1. The summed E-state index contributed by atoms with van der Waals surface area (Å²) in [5.74, 6) is -5.40. The third-order valence-electron chi connectivity index (χ3n) is 2.47. The standard InChI is InChI=1S/C12H14F3NO2/c1-12(2,5-6-17)16-11(18)7-3-4-8(13)10(15)9(7)14/h3-4,17H,5-6H2,1-2H3,(H,16,18). The Hall–Kier alpha value is -1.56. The quantitative estimate of drug-likeness (QED) is 0.814. The molecule has 100 valence electrons. The summed E-state index contributed by atoms with van der Waals surface area (Å²) in [5.41, 5.74) is -1.34. The van der Waals surface area contributed by atoms with Crippen LogP contribution in [0.3, 0.4) is 0 Å². The Bertz CT molecular complexity index is 461. The first-order chi connectivity index (χ1) is 8.28. The first-order valence-electron chi connectivity index (χ1n) is 5.35. The van der Waals surface area contributed by atoms with Gasteiger partial charge in [0, 0.05) is 12.1 Å². The molecule has 0 aromatic heterocycles. The fraction of sp³-hybridized carbons (Fsp3) is 0.417. The van der Waals surface area contributed by atoms with Gasteiger partial charge in [-0.3, -0.25) is 4.79 Å². The lowest BCUT2D eigenvalue weighted by Crippen LogP contribution is -2.44. The Morgan fingerprint density at radius 3 is 2.44 bits per heavy atom. The largest absolute Gasteiger partial charge is 0.396 e. The van der Waals surface area contributed by atoms with Crippen LogP contribution in [-0.4, -0.2) is 23.2 Å². The highest BCUT2D eigenvalue weighted by Gasteiger charge is 2.24. The second-order valence-corrected chi connectivity index (χ2v) is 4.53. The van der Waals surface area contributed by atoms with Crippen LogP contribution in [0.25, 0.3) is 0 Å². The fourth-order valence-corrected chi connectivity index (χ4v) is 1.42. The molecule has 0 radical (unpaired) electrons. The van der Waals surface area contributed by atoms with Crippen LogP contribution in [0.2, 0.25) is 0 Å². The first kappa shape index (κ1) is 14.5. The molecule has 1 rings (SSSR count). The van der Waals surface area contributed by atoms with Gasteiger partial charge in [0.05, 0.1) is 5.56 Å². The lowest BCUT2D eigenvalue weighted by atomic mass is 10.0. The molecule has 0 aliphatic heterocycles. The first-order valence-corrected chi connectivity index (χ1v) is 5.35. The lowest BCUT2D eigenvalue weighted by molar-refractivity contribution is 0.0894. The van der Waals surface area contributed by atoms with Crippen LogP contribution in [0, 0.1) is 17.5 Å². The van der Waals surface area contributed by atoms with Gasteiger partial charge in [-0.05, 0) is 32.4 Å². The molecular formula is C12H14F3NO2. The number of carbonyl (C=O) groups is 1. The highest BCUT2D eigenvalue weighted by molar-refractivity contribution is 5.94. The highest BCUT2D eigenvalue weighted by atomic mass is 19.2. The van der Waals surface area contributed by atoms with E-state index in [1.54, 1.807) is 13.8 Å². The average molecular weight is 261 g/mol. The normalized spacial score (nSPS) is 11.4. The van der Waals surface area contributed by atoms with Crippen molar-refractivity contribution in [3.05, 3.63) is 35.1 Å². The minimum Gasteiger partial charge on any atom is -0.396 e. The molecular weight excluding hydrogens is 247 g/mol. The molecule has 0 saturated carbocycles. The molecule has 1 amide bonds. The van der Waals surface area contributed by atoms with Crippen LogP contribution in [-0.2, 0) is 0 Å². The van der Waals surface area contributed by atoms with E-state index >= 15 is 0 Å². The number of nitrogens with one attached hydrogen (secondary N) is 1. The molecule has 0 saturated heterocycles. The maximum atomic E-state index is 13.3. The lowest BCUT2D eigenvalue weighted by Gasteiger charge is -2.25. The van der Waals surface area contributed by atoms with Crippen LogP contribution in [0.1, 0.15) is 30.6 Å². The molecule has 0 aliphatic carbocycles. The summed E-state index contributed by atoms with van der Waals surface area (Å²) in [6.45, 7) is 3.09. The number of hydrogen-bond donors (Lipinski definition) is 2. The summed E-state index contributed by atoms with van der Waals surface area (Å²) in [7, 11) is 0. The van der Waals surface area contributed by atoms with Gasteiger partial charge in [0.25, 0.3) is 5.91 Å². The van der Waals surface area contributed by atoms with Gasteiger partial charge in [-0.25, -0.2) is 13.2 Å². The zero-order valence-corrected chi connectivity index (χ0v) is 10.1. The van der Waals surface area contributed by atoms with E-state index in [0.29, 0.717) is 6.07 Å². The van der Waals surface area contributed by atoms with Crippen LogP contribution in [0.5, 0.6) is 0 Å². The van der Waals surface area contributed by atoms with Crippen molar-refractivity contribution in [1.29, 1.82) is 0 Å². The van der Waals surface area contributed by atoms with E-state index in [1.165, 1.54) is 0 Å². The molecule has 18 heavy (non-hydrogen) atoms. The molecule has 0 aliphatic rings. The van der Waals surface area contributed by atoms with Crippen molar-refractivity contribution in [3.63, 3.8) is 0 Å². The molecule has 6 heteroatoms. The number of halogens is 3. The van der Waals surface area contributed by atoms with Gasteiger partial charge in [-0.15, -0.1) is 0 Å². The molecule has 0 fully saturated rings. The van der Waals surface area contributed by atoms with Gasteiger partial charge in [0.15, 0.2) is 17.5 Å². The predicted octanol–water partition coefficient (Wildman–Crippen LogP) is 1.99. The van der Waals surface area contributed by atoms with Crippen LogP contribution >= 0.6 is 0 Å². The Balaban J connectivity index is 2.95. The van der Waals surface area contributed by atoms with E-state index in [1.807, 2.05) is 0 Å². The molecule has 0 spiro atoms. The molecule has 0 unspecified atom stereocenters. The molecule has 3 nitrogen and oxygen atoms in total. The Morgan fingerprint density at radius 1 is 1.28 bits per heavy atom. The van der Waals surface area contributed by atoms with Crippen molar-refractivity contribution in [1.82, 2.24) is 5.32 Å². The minimum atomic E-state index is -1.68. The monoisotopic (exact) mass is 261 g/mol. The summed E-state index contributed by atoms with van der Waals surface area (Å²) < 4.78 is 39.0. The molecule has 1 aromatic carbocycles. The van der Waals surface area contributed by atoms with E-state index in [2.05, 4.69) is 5.32 Å². The van der Waals surface area contributed by atoms with E-state index in [4.69, 9.17) is 5.11 Å². The van der Waals surface area contributed by atoms with Crippen LogP contribution < -0.4 is 5.32 Å². The minimum absolute atomic E-state index is 0.159. The highest BCUT2D eigenvalue weighted by Crippen LogP contribution is 2.16. The maximum absolute atomic E-state index is 13.3. The summed E-state index contributed by atoms with van der Waals surface area (Å²) in [4.78, 5) is 11.7. The third kappa shape index (κ3) is 3.22. The smallest absolute Gasteiger partial charge is 0.254 e. The van der Waals surface area contributed by atoms with Crippen molar-refractivity contribution in [2.75, 3.05) is 6.61 Å². The molecule has 2 N–H and O–H groups in total. The number of hydrogen-bond acceptors (Lipinski definition) is 2. The summed E-state index contributed by atoms with van der Waals surface area (Å²) >= 11 is 0. The molecule has 0 atom stereocenters. The molecule has 1 aromatic rings. The van der Waals surface area contributed by atoms with Crippen molar-refractivity contribution in [2.24, 2.45) is 0 Å². The summed E-state index contributed by atoms with van der Waals surface area (Å²) in [6.07, 6.45) is 0.254. The Labute approximate surface area is 103 Å². The SMILES string of the molecule is CC(C)(CCO)NC(=O)c1ccc(F)c(F)c1F. The van der Waals surface area contributed by atoms with Gasteiger partial charge in [-0.1, -0.05) is 0 Å². The van der Waals surface area contributed by atoms with Crippen molar-refractivity contribution in [2.45, 2.75) is 25.8 Å². The predicted molar refractivity (Wildman–Crippen MR) is 59.6 cm³/mol. The van der Waals surface area contributed by atoms with Crippen molar-refractivity contribution in [3.8, 4) is 0 Å². The zero-order chi connectivity index (χ0) is 13.9. The van der Waals surface area contributed by atoms with Gasteiger partial charge >= 0.3 is 0 Å². The van der Waals surface area contributed by atoms with Crippen molar-refractivity contribution < 1.29 is 23.1 Å². The van der Waals surface area contributed by atoms with E-state index < -0.39 is 34.5 Å². The average Bonchev–Trinajstić information content (AvgIpc) is 2.25. The number of amides is 1.